The van der Waals surface area contributed by atoms with Gasteiger partial charge in [-0.05, 0) is 6.42 Å². The van der Waals surface area contributed by atoms with Gasteiger partial charge in [0, 0.05) is 13.5 Å². The number of nitrogens with one attached hydrogen (secondary N) is 1. The molecule has 0 aliphatic rings. The Bertz CT molecular complexity index is 62.3. The molecule has 0 saturated heterocycles. The third-order valence-corrected chi connectivity index (χ3v) is 0.756. The Labute approximate surface area is 66.0 Å². The van der Waals surface area contributed by atoms with Crippen LogP contribution in [0.4, 0.5) is 0 Å². The highest BCUT2D eigenvalue weighted by Gasteiger charge is 1.89. The third kappa shape index (κ3) is 15.6. The van der Waals surface area contributed by atoms with Crippen molar-refractivity contribution in [1.29, 1.82) is 0 Å². The number of hydrogen-bond acceptors (Lipinski definition) is 1. The molecule has 0 aromatic heterocycles. The van der Waals surface area contributed by atoms with Gasteiger partial charge in [-0.2, -0.15) is 0 Å². The molecule has 0 rings (SSSR count). The fourth-order valence-corrected chi connectivity index (χ4v) is 0.352. The van der Waals surface area contributed by atoms with Crippen LogP contribution >= 0.6 is 0 Å². The maximum atomic E-state index is 10.3. The monoisotopic (exact) mass is 149 g/mol. The van der Waals surface area contributed by atoms with Crippen LogP contribution in [0.25, 0.3) is 0 Å². The maximum Gasteiger partial charge on any atom is 0.219 e. The molecule has 0 radical (unpaired) electrons. The van der Waals surface area contributed by atoms with Crippen molar-refractivity contribution in [1.82, 2.24) is 5.32 Å². The van der Waals surface area contributed by atoms with Gasteiger partial charge in [0.1, 0.15) is 0 Å². The zero-order valence-electron chi connectivity index (χ0n) is 4.82. The van der Waals surface area contributed by atoms with E-state index in [2.05, 4.69) is 5.32 Å². The zero-order chi connectivity index (χ0) is 5.70. The van der Waals surface area contributed by atoms with E-state index in [0.717, 1.165) is 6.42 Å². The molecule has 2 heteroatoms. The van der Waals surface area contributed by atoms with Crippen LogP contribution < -0.4 is 5.32 Å². The van der Waals surface area contributed by atoms with E-state index in [1.807, 2.05) is 6.92 Å². The van der Waals surface area contributed by atoms with Crippen molar-refractivity contribution in [2.45, 2.75) is 42.0 Å². The molecule has 0 aliphatic carbocycles. The van der Waals surface area contributed by atoms with E-state index >= 15 is 0 Å². The normalized spacial score (nSPS) is 5.80. The van der Waals surface area contributed by atoms with Crippen LogP contribution in [0.15, 0.2) is 0 Å². The summed E-state index contributed by atoms with van der Waals surface area (Å²) in [6, 6.07) is 0. The third-order valence-electron chi connectivity index (χ3n) is 0.756. The van der Waals surface area contributed by atoms with Crippen molar-refractivity contribution < 1.29 is 4.79 Å². The fraction of sp³-hybridized carbons (Fsp3) is 0.875. The second-order valence-corrected chi connectivity index (χ2v) is 1.42. The van der Waals surface area contributed by atoms with E-state index in [-0.39, 0.29) is 28.2 Å². The quantitative estimate of drug-likeness (QED) is 0.642. The molecular formula is C8H23NO. The van der Waals surface area contributed by atoms with Gasteiger partial charge < -0.3 is 5.32 Å². The van der Waals surface area contributed by atoms with Crippen molar-refractivity contribution in [2.75, 3.05) is 7.05 Å². The summed E-state index contributed by atoms with van der Waals surface area (Å²) in [7, 11) is 1.65. The SMILES string of the molecule is C.C.C.CCCC(=O)NC. The van der Waals surface area contributed by atoms with Crippen LogP contribution in [0.5, 0.6) is 0 Å². The van der Waals surface area contributed by atoms with E-state index in [1.165, 1.54) is 0 Å². The lowest BCUT2D eigenvalue weighted by atomic mass is 10.3. The summed E-state index contributed by atoms with van der Waals surface area (Å²) in [4.78, 5) is 10.3. The minimum absolute atomic E-state index is 0. The lowest BCUT2D eigenvalue weighted by Crippen LogP contribution is -2.16. The first-order valence-corrected chi connectivity index (χ1v) is 2.51. The molecule has 0 spiro atoms. The Morgan fingerprint density at radius 2 is 1.70 bits per heavy atom. The molecule has 0 saturated carbocycles. The summed E-state index contributed by atoms with van der Waals surface area (Å²) in [6.45, 7) is 1.98. The maximum absolute atomic E-state index is 10.3. The highest BCUT2D eigenvalue weighted by molar-refractivity contribution is 5.75. The van der Waals surface area contributed by atoms with Crippen molar-refractivity contribution in [3.63, 3.8) is 0 Å². The first-order chi connectivity index (χ1) is 3.31. The summed E-state index contributed by atoms with van der Waals surface area (Å²) in [6.07, 6.45) is 1.58. The van der Waals surface area contributed by atoms with E-state index in [1.54, 1.807) is 7.05 Å². The van der Waals surface area contributed by atoms with E-state index in [4.69, 9.17) is 0 Å². The molecule has 0 atom stereocenters. The number of carbonyl (C=O) groups excluding carboxylic acids is 1. The summed E-state index contributed by atoms with van der Waals surface area (Å²) in [5, 5.41) is 2.53. The molecule has 0 fully saturated rings. The van der Waals surface area contributed by atoms with Crippen molar-refractivity contribution in [3.05, 3.63) is 0 Å². The Morgan fingerprint density at radius 3 is 1.80 bits per heavy atom. The zero-order valence-corrected chi connectivity index (χ0v) is 4.82. The van der Waals surface area contributed by atoms with Gasteiger partial charge in [-0.25, -0.2) is 0 Å². The van der Waals surface area contributed by atoms with Gasteiger partial charge in [0.05, 0.1) is 0 Å². The number of rotatable bonds is 2. The predicted molar refractivity (Wildman–Crippen MR) is 49.2 cm³/mol. The van der Waals surface area contributed by atoms with Gasteiger partial charge in [0.25, 0.3) is 0 Å². The minimum atomic E-state index is 0. The van der Waals surface area contributed by atoms with Gasteiger partial charge in [0.15, 0.2) is 0 Å². The molecule has 10 heavy (non-hydrogen) atoms. The smallest absolute Gasteiger partial charge is 0.219 e. The largest absolute Gasteiger partial charge is 0.359 e. The second-order valence-electron chi connectivity index (χ2n) is 1.42. The van der Waals surface area contributed by atoms with Crippen LogP contribution in [0, 0.1) is 0 Å². The molecule has 66 valence electrons. The van der Waals surface area contributed by atoms with Crippen molar-refractivity contribution >= 4 is 5.91 Å². The molecular weight excluding hydrogens is 126 g/mol. The van der Waals surface area contributed by atoms with Gasteiger partial charge in [-0.15, -0.1) is 0 Å². The highest BCUT2D eigenvalue weighted by Crippen LogP contribution is 1.82. The molecule has 0 aromatic carbocycles. The Kier molecular flexibility index (Phi) is 35.9. The molecule has 0 aliphatic heterocycles. The van der Waals surface area contributed by atoms with Crippen LogP contribution in [0.1, 0.15) is 42.0 Å². The van der Waals surface area contributed by atoms with Crippen molar-refractivity contribution in [2.24, 2.45) is 0 Å². The highest BCUT2D eigenvalue weighted by atomic mass is 16.1. The van der Waals surface area contributed by atoms with Gasteiger partial charge in [0.2, 0.25) is 5.91 Å². The first-order valence-electron chi connectivity index (χ1n) is 2.51. The molecule has 0 heterocycles. The number of carbonyl (C=O) groups is 1. The lowest BCUT2D eigenvalue weighted by molar-refractivity contribution is -0.120. The van der Waals surface area contributed by atoms with E-state index in [9.17, 15) is 4.79 Å². The molecule has 0 aromatic rings. The van der Waals surface area contributed by atoms with Gasteiger partial charge in [-0.1, -0.05) is 29.2 Å². The predicted octanol–water partition coefficient (Wildman–Crippen LogP) is 2.44. The fourth-order valence-electron chi connectivity index (χ4n) is 0.352. The van der Waals surface area contributed by atoms with E-state index in [0.29, 0.717) is 6.42 Å². The molecule has 1 N–H and O–H groups in total. The van der Waals surface area contributed by atoms with Crippen LogP contribution in [0.2, 0.25) is 0 Å². The summed E-state index contributed by atoms with van der Waals surface area (Å²) < 4.78 is 0. The molecule has 0 bridgehead atoms. The average Bonchev–Trinajstić information content (AvgIpc) is 1.68. The second kappa shape index (κ2) is 15.8. The average molecular weight is 149 g/mol. The molecule has 1 amide bonds. The van der Waals surface area contributed by atoms with Crippen molar-refractivity contribution in [3.8, 4) is 0 Å². The molecule has 2 nitrogen and oxygen atoms in total. The topological polar surface area (TPSA) is 29.1 Å². The minimum Gasteiger partial charge on any atom is -0.359 e. The Hall–Kier alpha value is -0.530. The van der Waals surface area contributed by atoms with E-state index < -0.39 is 0 Å². The summed E-state index contributed by atoms with van der Waals surface area (Å²) >= 11 is 0. The summed E-state index contributed by atoms with van der Waals surface area (Å²) in [5.74, 6) is 0.127. The summed E-state index contributed by atoms with van der Waals surface area (Å²) in [5.41, 5.74) is 0. The van der Waals surface area contributed by atoms with Crippen LogP contribution in [0.3, 0.4) is 0 Å². The number of hydrogen-bond donors (Lipinski definition) is 1. The lowest BCUT2D eigenvalue weighted by Gasteiger charge is -1.91. The first kappa shape index (κ1) is 22.7. The van der Waals surface area contributed by atoms with Gasteiger partial charge in [-0.3, -0.25) is 4.79 Å². The number of amides is 1. The Morgan fingerprint density at radius 1 is 1.30 bits per heavy atom. The Balaban J connectivity index is -0.0000000600. The molecule has 0 unspecified atom stereocenters. The standard InChI is InChI=1S/C5H11NO.3CH4/c1-3-4-5(7)6-2;;;/h3-4H2,1-2H3,(H,6,7);3*1H4. The van der Waals surface area contributed by atoms with Crippen LogP contribution in [-0.2, 0) is 4.79 Å². The van der Waals surface area contributed by atoms with Gasteiger partial charge >= 0.3 is 0 Å². The van der Waals surface area contributed by atoms with Crippen LogP contribution in [-0.4, -0.2) is 13.0 Å².